The van der Waals surface area contributed by atoms with Gasteiger partial charge in [-0.2, -0.15) is 0 Å². The lowest BCUT2D eigenvalue weighted by atomic mass is 10.2. The van der Waals surface area contributed by atoms with Crippen molar-refractivity contribution in [3.05, 3.63) is 23.8 Å². The van der Waals surface area contributed by atoms with Crippen LogP contribution in [0.15, 0.2) is 23.2 Å². The first-order chi connectivity index (χ1) is 7.33. The van der Waals surface area contributed by atoms with Crippen molar-refractivity contribution in [2.75, 3.05) is 27.4 Å². The van der Waals surface area contributed by atoms with Gasteiger partial charge in [0.2, 0.25) is 0 Å². The Labute approximate surface area is 89.2 Å². The van der Waals surface area contributed by atoms with E-state index in [-0.39, 0.29) is 6.61 Å². The molecule has 0 saturated heterocycles. The van der Waals surface area contributed by atoms with Gasteiger partial charge in [0.1, 0.15) is 11.5 Å². The lowest BCUT2D eigenvalue weighted by Gasteiger charge is -2.08. The maximum atomic E-state index is 8.62. The molecule has 15 heavy (non-hydrogen) atoms. The first-order valence-electron chi connectivity index (χ1n) is 4.65. The van der Waals surface area contributed by atoms with Crippen LogP contribution in [0, 0.1) is 0 Å². The Morgan fingerprint density at radius 2 is 1.87 bits per heavy atom. The molecule has 4 heteroatoms. The molecule has 0 atom stereocenters. The molecule has 0 unspecified atom stereocenters. The number of ether oxygens (including phenoxy) is 2. The fourth-order valence-corrected chi connectivity index (χ4v) is 1.22. The largest absolute Gasteiger partial charge is 0.496 e. The van der Waals surface area contributed by atoms with Crippen molar-refractivity contribution in [2.24, 2.45) is 4.99 Å². The predicted octanol–water partition coefficient (Wildman–Crippen LogP) is 1.11. The van der Waals surface area contributed by atoms with Crippen molar-refractivity contribution in [1.82, 2.24) is 0 Å². The quantitative estimate of drug-likeness (QED) is 0.739. The van der Waals surface area contributed by atoms with Crippen LogP contribution < -0.4 is 9.47 Å². The van der Waals surface area contributed by atoms with E-state index in [2.05, 4.69) is 4.99 Å². The van der Waals surface area contributed by atoms with Gasteiger partial charge in [-0.1, -0.05) is 6.07 Å². The Morgan fingerprint density at radius 3 is 2.33 bits per heavy atom. The number of aliphatic hydroxyl groups excluding tert-OH is 1. The van der Waals surface area contributed by atoms with Crippen molar-refractivity contribution < 1.29 is 14.6 Å². The Morgan fingerprint density at radius 1 is 1.27 bits per heavy atom. The summed E-state index contributed by atoms with van der Waals surface area (Å²) in [5, 5.41) is 8.62. The average Bonchev–Trinajstić information content (AvgIpc) is 2.29. The lowest BCUT2D eigenvalue weighted by molar-refractivity contribution is 0.307. The zero-order chi connectivity index (χ0) is 11.1. The second kappa shape index (κ2) is 6.03. The third kappa shape index (κ3) is 2.95. The van der Waals surface area contributed by atoms with Crippen LogP contribution in [-0.4, -0.2) is 38.7 Å². The molecule has 0 saturated carbocycles. The van der Waals surface area contributed by atoms with E-state index in [4.69, 9.17) is 14.6 Å². The van der Waals surface area contributed by atoms with Gasteiger partial charge < -0.3 is 14.6 Å². The molecular weight excluding hydrogens is 194 g/mol. The number of aliphatic imine (C=N–C) groups is 1. The maximum Gasteiger partial charge on any atom is 0.131 e. The van der Waals surface area contributed by atoms with Crippen LogP contribution in [-0.2, 0) is 0 Å². The van der Waals surface area contributed by atoms with E-state index >= 15 is 0 Å². The summed E-state index contributed by atoms with van der Waals surface area (Å²) in [5.41, 5.74) is 0.788. The Kier molecular flexibility index (Phi) is 4.63. The summed E-state index contributed by atoms with van der Waals surface area (Å²) in [4.78, 5) is 4.04. The van der Waals surface area contributed by atoms with Gasteiger partial charge in [0.05, 0.1) is 32.9 Å². The summed E-state index contributed by atoms with van der Waals surface area (Å²) in [6, 6.07) is 5.52. The fraction of sp³-hybridized carbons (Fsp3) is 0.364. The highest BCUT2D eigenvalue weighted by Gasteiger charge is 2.06. The molecular formula is C11H15NO3. The number of nitrogens with zero attached hydrogens (tertiary/aromatic N) is 1. The zero-order valence-electron chi connectivity index (χ0n) is 8.93. The van der Waals surface area contributed by atoms with Gasteiger partial charge in [0, 0.05) is 6.21 Å². The molecule has 0 heterocycles. The summed E-state index contributed by atoms with van der Waals surface area (Å²) < 4.78 is 10.4. The third-order valence-corrected chi connectivity index (χ3v) is 1.92. The van der Waals surface area contributed by atoms with Gasteiger partial charge in [-0.15, -0.1) is 0 Å². The van der Waals surface area contributed by atoms with Gasteiger partial charge in [-0.3, -0.25) is 4.99 Å². The first-order valence-corrected chi connectivity index (χ1v) is 4.65. The van der Waals surface area contributed by atoms with Gasteiger partial charge in [-0.05, 0) is 12.1 Å². The number of aliphatic hydroxyl groups is 1. The van der Waals surface area contributed by atoms with E-state index in [9.17, 15) is 0 Å². The molecule has 0 aromatic heterocycles. The molecule has 0 fully saturated rings. The summed E-state index contributed by atoms with van der Waals surface area (Å²) in [5.74, 6) is 1.41. The maximum absolute atomic E-state index is 8.62. The van der Waals surface area contributed by atoms with Gasteiger partial charge >= 0.3 is 0 Å². The molecule has 4 nitrogen and oxygen atoms in total. The fourth-order valence-electron chi connectivity index (χ4n) is 1.22. The first kappa shape index (κ1) is 11.5. The molecule has 82 valence electrons. The van der Waals surface area contributed by atoms with Gasteiger partial charge in [0.25, 0.3) is 0 Å². The normalized spacial score (nSPS) is 10.6. The van der Waals surface area contributed by atoms with Crippen LogP contribution in [0.4, 0.5) is 0 Å². The minimum atomic E-state index is 0.0357. The van der Waals surface area contributed by atoms with Crippen LogP contribution in [0.3, 0.4) is 0 Å². The van der Waals surface area contributed by atoms with E-state index in [1.807, 2.05) is 18.2 Å². The van der Waals surface area contributed by atoms with Crippen LogP contribution in [0.5, 0.6) is 11.5 Å². The van der Waals surface area contributed by atoms with Crippen molar-refractivity contribution in [1.29, 1.82) is 0 Å². The highest BCUT2D eigenvalue weighted by Crippen LogP contribution is 2.26. The second-order valence-electron chi connectivity index (χ2n) is 2.84. The molecule has 0 bridgehead atoms. The molecule has 1 N–H and O–H groups in total. The van der Waals surface area contributed by atoms with E-state index < -0.39 is 0 Å². The van der Waals surface area contributed by atoms with Crippen molar-refractivity contribution in [3.63, 3.8) is 0 Å². The molecule has 0 aliphatic heterocycles. The Hall–Kier alpha value is -1.55. The molecule has 0 amide bonds. The monoisotopic (exact) mass is 209 g/mol. The zero-order valence-corrected chi connectivity index (χ0v) is 8.93. The van der Waals surface area contributed by atoms with Crippen molar-refractivity contribution in [3.8, 4) is 11.5 Å². The third-order valence-electron chi connectivity index (χ3n) is 1.92. The summed E-state index contributed by atoms with van der Waals surface area (Å²) in [6.45, 7) is 0.412. The lowest BCUT2D eigenvalue weighted by Crippen LogP contribution is -1.97. The van der Waals surface area contributed by atoms with Crippen LogP contribution in [0.25, 0.3) is 0 Å². The number of hydrogen-bond donors (Lipinski definition) is 1. The standard InChI is InChI=1S/C11H15NO3/c1-14-10-4-3-5-11(15-2)9(10)8-12-6-7-13/h3-5,8,13H,6-7H2,1-2H3. The van der Waals surface area contributed by atoms with E-state index in [0.29, 0.717) is 18.0 Å². The molecule has 1 aromatic rings. The van der Waals surface area contributed by atoms with Gasteiger partial charge in [-0.25, -0.2) is 0 Å². The van der Waals surface area contributed by atoms with Crippen molar-refractivity contribution in [2.45, 2.75) is 0 Å². The molecule has 1 aromatic carbocycles. The number of hydrogen-bond acceptors (Lipinski definition) is 4. The number of benzene rings is 1. The molecule has 0 spiro atoms. The Balaban J connectivity index is 2.99. The predicted molar refractivity (Wildman–Crippen MR) is 59.1 cm³/mol. The van der Waals surface area contributed by atoms with E-state index in [0.717, 1.165) is 5.56 Å². The second-order valence-corrected chi connectivity index (χ2v) is 2.84. The smallest absolute Gasteiger partial charge is 0.131 e. The van der Waals surface area contributed by atoms with E-state index in [1.165, 1.54) is 0 Å². The highest BCUT2D eigenvalue weighted by molar-refractivity contribution is 5.87. The minimum absolute atomic E-state index is 0.0357. The van der Waals surface area contributed by atoms with Crippen molar-refractivity contribution >= 4 is 6.21 Å². The summed E-state index contributed by atoms with van der Waals surface area (Å²) in [6.07, 6.45) is 1.65. The SMILES string of the molecule is COc1cccc(OC)c1C=NCCO. The molecule has 1 rings (SSSR count). The number of methoxy groups -OCH3 is 2. The minimum Gasteiger partial charge on any atom is -0.496 e. The molecule has 0 aliphatic carbocycles. The molecule has 0 radical (unpaired) electrons. The van der Waals surface area contributed by atoms with Crippen LogP contribution in [0.1, 0.15) is 5.56 Å². The topological polar surface area (TPSA) is 51.0 Å². The molecule has 0 aliphatic rings. The van der Waals surface area contributed by atoms with Crippen LogP contribution >= 0.6 is 0 Å². The van der Waals surface area contributed by atoms with E-state index in [1.54, 1.807) is 20.4 Å². The summed E-state index contributed by atoms with van der Waals surface area (Å²) in [7, 11) is 3.19. The average molecular weight is 209 g/mol. The Bertz CT molecular complexity index is 314. The number of rotatable bonds is 5. The van der Waals surface area contributed by atoms with Gasteiger partial charge in [0.15, 0.2) is 0 Å². The van der Waals surface area contributed by atoms with Crippen LogP contribution in [0.2, 0.25) is 0 Å². The highest BCUT2D eigenvalue weighted by atomic mass is 16.5. The summed E-state index contributed by atoms with van der Waals surface area (Å²) >= 11 is 0.